The Labute approximate surface area is 172 Å². The van der Waals surface area contributed by atoms with Crippen molar-refractivity contribution >= 4 is 28.1 Å². The molecule has 28 heavy (non-hydrogen) atoms. The van der Waals surface area contributed by atoms with E-state index in [9.17, 15) is 4.79 Å². The van der Waals surface area contributed by atoms with E-state index in [-0.39, 0.29) is 12.3 Å². The molecule has 3 rings (SSSR count). The minimum Gasteiger partial charge on any atom is -0.494 e. The third-order valence-electron chi connectivity index (χ3n) is 4.06. The maximum Gasteiger partial charge on any atom is 0.244 e. The van der Waals surface area contributed by atoms with Gasteiger partial charge in [0.1, 0.15) is 17.3 Å². The molecule has 3 aromatic rings. The molecule has 0 fully saturated rings. The molecule has 2 aromatic carbocycles. The highest BCUT2D eigenvalue weighted by Crippen LogP contribution is 2.26. The van der Waals surface area contributed by atoms with Gasteiger partial charge in [-0.3, -0.25) is 4.79 Å². The van der Waals surface area contributed by atoms with Crippen LogP contribution in [-0.4, -0.2) is 18.7 Å². The average molecular weight is 441 g/mol. The van der Waals surface area contributed by atoms with Crippen LogP contribution in [0, 0.1) is 6.92 Å². The minimum absolute atomic E-state index is 0.199. The fraction of sp³-hybridized carbons (Fsp3) is 0.182. The fourth-order valence-electron chi connectivity index (χ4n) is 2.59. The van der Waals surface area contributed by atoms with Gasteiger partial charge in [-0.1, -0.05) is 40.2 Å². The summed E-state index contributed by atoms with van der Waals surface area (Å²) in [6.45, 7) is 4.58. The van der Waals surface area contributed by atoms with Crippen molar-refractivity contribution in [3.8, 4) is 17.1 Å². The molecule has 0 spiro atoms. The van der Waals surface area contributed by atoms with Crippen molar-refractivity contribution in [3.05, 3.63) is 76.0 Å². The van der Waals surface area contributed by atoms with Gasteiger partial charge in [-0.05, 0) is 55.3 Å². The standard InChI is InChI=1S/C22H21BrN2O3/c1-3-27-18-8-5-16(6-9-18)12-22(26)25-24-14-19-10-11-21(28-19)17-7-4-15(2)20(23)13-17/h4-11,13-14H,3,12H2,1-2H3,(H,25,26)/b24-14-. The van der Waals surface area contributed by atoms with Crippen LogP contribution in [0.15, 0.2) is 68.6 Å². The molecule has 0 saturated heterocycles. The smallest absolute Gasteiger partial charge is 0.244 e. The molecule has 144 valence electrons. The molecule has 1 aromatic heterocycles. The first-order chi connectivity index (χ1) is 13.5. The van der Waals surface area contributed by atoms with Crippen molar-refractivity contribution in [2.24, 2.45) is 5.10 Å². The number of carbonyl (C=O) groups excluding carboxylic acids is 1. The molecule has 0 aliphatic heterocycles. The van der Waals surface area contributed by atoms with Gasteiger partial charge in [0, 0.05) is 10.0 Å². The Hall–Kier alpha value is -2.86. The number of amides is 1. The molecular weight excluding hydrogens is 420 g/mol. The zero-order valence-electron chi connectivity index (χ0n) is 15.7. The Kier molecular flexibility index (Phi) is 6.66. The van der Waals surface area contributed by atoms with E-state index in [1.807, 2.05) is 68.4 Å². The lowest BCUT2D eigenvalue weighted by Crippen LogP contribution is -2.19. The van der Waals surface area contributed by atoms with E-state index < -0.39 is 0 Å². The third kappa shape index (κ3) is 5.33. The lowest BCUT2D eigenvalue weighted by molar-refractivity contribution is -0.120. The van der Waals surface area contributed by atoms with Crippen molar-refractivity contribution in [1.29, 1.82) is 0 Å². The summed E-state index contributed by atoms with van der Waals surface area (Å²) in [6.07, 6.45) is 1.73. The molecule has 0 radical (unpaired) electrons. The van der Waals surface area contributed by atoms with E-state index in [0.29, 0.717) is 12.4 Å². The number of rotatable bonds is 7. The van der Waals surface area contributed by atoms with E-state index in [2.05, 4.69) is 26.5 Å². The highest BCUT2D eigenvalue weighted by Gasteiger charge is 2.06. The van der Waals surface area contributed by atoms with Crippen LogP contribution >= 0.6 is 15.9 Å². The number of nitrogens with zero attached hydrogens (tertiary/aromatic N) is 1. The van der Waals surface area contributed by atoms with Crippen LogP contribution in [0.4, 0.5) is 0 Å². The molecule has 5 nitrogen and oxygen atoms in total. The topological polar surface area (TPSA) is 63.8 Å². The van der Waals surface area contributed by atoms with Crippen LogP contribution in [0.25, 0.3) is 11.3 Å². The van der Waals surface area contributed by atoms with Crippen molar-refractivity contribution in [3.63, 3.8) is 0 Å². The summed E-state index contributed by atoms with van der Waals surface area (Å²) in [4.78, 5) is 12.0. The number of nitrogens with one attached hydrogen (secondary N) is 1. The van der Waals surface area contributed by atoms with Crippen molar-refractivity contribution in [2.75, 3.05) is 6.61 Å². The maximum atomic E-state index is 12.0. The normalized spacial score (nSPS) is 11.0. The Morgan fingerprint density at radius 1 is 1.18 bits per heavy atom. The molecule has 0 atom stereocenters. The number of hydrogen-bond donors (Lipinski definition) is 1. The molecule has 0 bridgehead atoms. The van der Waals surface area contributed by atoms with Gasteiger partial charge in [0.2, 0.25) is 5.91 Å². The van der Waals surface area contributed by atoms with Crippen LogP contribution in [0.1, 0.15) is 23.8 Å². The Morgan fingerprint density at radius 3 is 2.68 bits per heavy atom. The molecule has 6 heteroatoms. The van der Waals surface area contributed by atoms with E-state index in [1.54, 1.807) is 0 Å². The summed E-state index contributed by atoms with van der Waals surface area (Å²) >= 11 is 3.52. The lowest BCUT2D eigenvalue weighted by Gasteiger charge is -2.04. The van der Waals surface area contributed by atoms with E-state index >= 15 is 0 Å². The number of aryl methyl sites for hydroxylation is 1. The molecule has 0 aliphatic rings. The molecule has 0 aliphatic carbocycles. The van der Waals surface area contributed by atoms with Crippen LogP contribution < -0.4 is 10.2 Å². The zero-order chi connectivity index (χ0) is 19.9. The molecule has 1 N–H and O–H groups in total. The predicted octanol–water partition coefficient (Wildman–Crippen LogP) is 5.11. The molecule has 1 amide bonds. The Bertz CT molecular complexity index is 978. The first kappa shape index (κ1) is 19.9. The van der Waals surface area contributed by atoms with Crippen LogP contribution in [-0.2, 0) is 11.2 Å². The second-order valence-corrected chi connectivity index (χ2v) is 7.07. The summed E-state index contributed by atoms with van der Waals surface area (Å²) in [7, 11) is 0. The zero-order valence-corrected chi connectivity index (χ0v) is 17.3. The van der Waals surface area contributed by atoms with Crippen LogP contribution in [0.2, 0.25) is 0 Å². The maximum absolute atomic E-state index is 12.0. The largest absolute Gasteiger partial charge is 0.494 e. The summed E-state index contributed by atoms with van der Waals surface area (Å²) < 4.78 is 12.2. The number of ether oxygens (including phenoxy) is 1. The highest BCUT2D eigenvalue weighted by atomic mass is 79.9. The van der Waals surface area contributed by atoms with Crippen LogP contribution in [0.5, 0.6) is 5.75 Å². The van der Waals surface area contributed by atoms with Crippen molar-refractivity contribution in [1.82, 2.24) is 5.43 Å². The number of halogens is 1. The van der Waals surface area contributed by atoms with Gasteiger partial charge in [0.15, 0.2) is 0 Å². The van der Waals surface area contributed by atoms with Gasteiger partial charge in [0.25, 0.3) is 0 Å². The average Bonchev–Trinajstić information content (AvgIpc) is 3.15. The van der Waals surface area contributed by atoms with E-state index in [4.69, 9.17) is 9.15 Å². The number of hydrogen-bond acceptors (Lipinski definition) is 4. The second kappa shape index (κ2) is 9.37. The monoisotopic (exact) mass is 440 g/mol. The van der Waals surface area contributed by atoms with Gasteiger partial charge in [-0.25, -0.2) is 5.43 Å². The molecule has 0 saturated carbocycles. The molecule has 1 heterocycles. The summed E-state index contributed by atoms with van der Waals surface area (Å²) in [5, 5.41) is 3.97. The third-order valence-corrected chi connectivity index (χ3v) is 4.92. The van der Waals surface area contributed by atoms with Gasteiger partial charge in [-0.2, -0.15) is 5.10 Å². The Morgan fingerprint density at radius 2 is 1.96 bits per heavy atom. The van der Waals surface area contributed by atoms with E-state index in [0.717, 1.165) is 32.7 Å². The van der Waals surface area contributed by atoms with Crippen molar-refractivity contribution in [2.45, 2.75) is 20.3 Å². The summed E-state index contributed by atoms with van der Waals surface area (Å²) in [6, 6.07) is 17.2. The minimum atomic E-state index is -0.199. The number of hydrazone groups is 1. The first-order valence-electron chi connectivity index (χ1n) is 8.95. The first-order valence-corrected chi connectivity index (χ1v) is 9.74. The fourth-order valence-corrected chi connectivity index (χ4v) is 2.97. The summed E-state index contributed by atoms with van der Waals surface area (Å²) in [5.74, 6) is 1.89. The van der Waals surface area contributed by atoms with Gasteiger partial charge in [0.05, 0.1) is 19.2 Å². The highest BCUT2D eigenvalue weighted by molar-refractivity contribution is 9.10. The second-order valence-electron chi connectivity index (χ2n) is 6.21. The van der Waals surface area contributed by atoms with Crippen molar-refractivity contribution < 1.29 is 13.9 Å². The van der Waals surface area contributed by atoms with Gasteiger partial charge < -0.3 is 9.15 Å². The predicted molar refractivity (Wildman–Crippen MR) is 114 cm³/mol. The summed E-state index contributed by atoms with van der Waals surface area (Å²) in [5.41, 5.74) is 5.54. The van der Waals surface area contributed by atoms with Crippen LogP contribution in [0.3, 0.4) is 0 Å². The Balaban J connectivity index is 1.55. The number of furan rings is 1. The quantitative estimate of drug-likeness (QED) is 0.410. The van der Waals surface area contributed by atoms with E-state index in [1.165, 1.54) is 6.21 Å². The number of benzene rings is 2. The van der Waals surface area contributed by atoms with Gasteiger partial charge in [-0.15, -0.1) is 0 Å². The SMILES string of the molecule is CCOc1ccc(CC(=O)N/N=C\c2ccc(-c3ccc(C)c(Br)c3)o2)cc1. The molecule has 0 unspecified atom stereocenters. The molecular formula is C22H21BrN2O3. The number of carbonyl (C=O) groups is 1. The van der Waals surface area contributed by atoms with Gasteiger partial charge >= 0.3 is 0 Å². The lowest BCUT2D eigenvalue weighted by atomic mass is 10.1.